The first-order valence-electron chi connectivity index (χ1n) is 8.84. The van der Waals surface area contributed by atoms with Crippen LogP contribution in [0.1, 0.15) is 30.2 Å². The minimum atomic E-state index is 0.0207. The number of nitrogens with zero attached hydrogens (tertiary/aromatic N) is 3. The van der Waals surface area contributed by atoms with Crippen molar-refractivity contribution in [3.63, 3.8) is 0 Å². The Hall–Kier alpha value is -3.02. The summed E-state index contributed by atoms with van der Waals surface area (Å²) in [5.41, 5.74) is 2.21. The number of pyridine rings is 1. The predicted octanol–water partition coefficient (Wildman–Crippen LogP) is 2.98. The molecule has 1 aliphatic rings. The molecule has 0 unspecified atom stereocenters. The van der Waals surface area contributed by atoms with Crippen molar-refractivity contribution in [3.05, 3.63) is 66.3 Å². The lowest BCUT2D eigenvalue weighted by atomic mass is 10.1. The lowest BCUT2D eigenvalue weighted by molar-refractivity contribution is -0.121. The van der Waals surface area contributed by atoms with Crippen LogP contribution in [-0.2, 0) is 11.2 Å². The quantitative estimate of drug-likeness (QED) is 0.710. The van der Waals surface area contributed by atoms with Gasteiger partial charge >= 0.3 is 0 Å². The van der Waals surface area contributed by atoms with Gasteiger partial charge in [-0.05, 0) is 36.0 Å². The van der Waals surface area contributed by atoms with Gasteiger partial charge in [0.1, 0.15) is 0 Å². The Morgan fingerprint density at radius 1 is 1.15 bits per heavy atom. The third kappa shape index (κ3) is 3.96. The molecule has 2 aromatic heterocycles. The van der Waals surface area contributed by atoms with Crippen LogP contribution in [-0.4, -0.2) is 27.6 Å². The van der Waals surface area contributed by atoms with Gasteiger partial charge in [-0.3, -0.25) is 9.78 Å². The van der Waals surface area contributed by atoms with E-state index < -0.39 is 0 Å². The summed E-state index contributed by atoms with van der Waals surface area (Å²) < 4.78 is 5.22. The molecule has 26 heavy (non-hydrogen) atoms. The van der Waals surface area contributed by atoms with E-state index in [-0.39, 0.29) is 5.91 Å². The van der Waals surface area contributed by atoms with Crippen LogP contribution >= 0.6 is 0 Å². The van der Waals surface area contributed by atoms with Gasteiger partial charge in [0.2, 0.25) is 17.6 Å². The first kappa shape index (κ1) is 16.4. The molecule has 2 atom stereocenters. The van der Waals surface area contributed by atoms with E-state index in [9.17, 15) is 4.79 Å². The van der Waals surface area contributed by atoms with Gasteiger partial charge < -0.3 is 9.84 Å². The summed E-state index contributed by atoms with van der Waals surface area (Å²) in [6.45, 7) is 0.727. The van der Waals surface area contributed by atoms with E-state index in [0.29, 0.717) is 36.4 Å². The van der Waals surface area contributed by atoms with Crippen LogP contribution in [0.2, 0.25) is 0 Å². The smallest absolute Gasteiger partial charge is 0.227 e. The van der Waals surface area contributed by atoms with E-state index in [1.165, 1.54) is 5.56 Å². The van der Waals surface area contributed by atoms with Crippen LogP contribution in [0.5, 0.6) is 0 Å². The number of carbonyl (C=O) groups is 1. The number of hydrogen-bond donors (Lipinski definition) is 1. The molecule has 1 aromatic carbocycles. The topological polar surface area (TPSA) is 80.9 Å². The van der Waals surface area contributed by atoms with Crippen LogP contribution in [0.4, 0.5) is 0 Å². The van der Waals surface area contributed by atoms with E-state index in [1.807, 2.05) is 18.2 Å². The fraction of sp³-hybridized carbons (Fsp3) is 0.300. The van der Waals surface area contributed by atoms with Crippen molar-refractivity contribution in [1.29, 1.82) is 0 Å². The highest BCUT2D eigenvalue weighted by Crippen LogP contribution is 2.46. The summed E-state index contributed by atoms with van der Waals surface area (Å²) in [5.74, 6) is 2.14. The standard InChI is InChI=1S/C20H20N4O2/c25-18(22-13-16-12-17(16)14-4-2-1-3-5-14)6-7-19-23-20(24-26-19)15-8-10-21-11-9-15/h1-5,8-11,16-17H,6-7,12-13H2,(H,22,25)/t16-,17+/m0/s1. The van der Waals surface area contributed by atoms with Crippen molar-refractivity contribution in [3.8, 4) is 11.4 Å². The van der Waals surface area contributed by atoms with Crippen LogP contribution < -0.4 is 5.32 Å². The normalized spacial score (nSPS) is 18.5. The molecule has 1 fully saturated rings. The van der Waals surface area contributed by atoms with Crippen LogP contribution in [0.15, 0.2) is 59.4 Å². The molecule has 4 rings (SSSR count). The first-order valence-corrected chi connectivity index (χ1v) is 8.84. The van der Waals surface area contributed by atoms with Gasteiger partial charge in [0.05, 0.1) is 0 Å². The number of hydrogen-bond acceptors (Lipinski definition) is 5. The molecule has 0 aliphatic heterocycles. The second-order valence-electron chi connectivity index (χ2n) is 6.56. The Labute approximate surface area is 151 Å². The molecule has 0 spiro atoms. The maximum atomic E-state index is 12.1. The van der Waals surface area contributed by atoms with Crippen molar-refractivity contribution in [1.82, 2.24) is 20.4 Å². The molecular formula is C20H20N4O2. The molecule has 2 heterocycles. The highest BCUT2D eigenvalue weighted by Gasteiger charge is 2.37. The summed E-state index contributed by atoms with van der Waals surface area (Å²) in [6, 6.07) is 14.1. The van der Waals surface area contributed by atoms with Crippen molar-refractivity contribution in [2.45, 2.75) is 25.2 Å². The van der Waals surface area contributed by atoms with Gasteiger partial charge in [-0.15, -0.1) is 0 Å². The zero-order valence-corrected chi connectivity index (χ0v) is 14.3. The molecule has 0 bridgehead atoms. The first-order chi connectivity index (χ1) is 12.8. The Morgan fingerprint density at radius 3 is 2.77 bits per heavy atom. The Kier molecular flexibility index (Phi) is 4.73. The lowest BCUT2D eigenvalue weighted by Gasteiger charge is -2.04. The van der Waals surface area contributed by atoms with Crippen LogP contribution in [0, 0.1) is 5.92 Å². The average molecular weight is 348 g/mol. The molecule has 1 aliphatic carbocycles. The number of amides is 1. The second-order valence-corrected chi connectivity index (χ2v) is 6.56. The molecule has 1 saturated carbocycles. The molecule has 0 saturated heterocycles. The summed E-state index contributed by atoms with van der Waals surface area (Å²) in [6.07, 6.45) is 5.29. The molecule has 132 valence electrons. The fourth-order valence-electron chi connectivity index (χ4n) is 3.11. The molecular weight excluding hydrogens is 328 g/mol. The Balaban J connectivity index is 1.21. The van der Waals surface area contributed by atoms with Gasteiger partial charge in [0.15, 0.2) is 0 Å². The molecule has 0 radical (unpaired) electrons. The maximum absolute atomic E-state index is 12.1. The Bertz CT molecular complexity index is 864. The predicted molar refractivity (Wildman–Crippen MR) is 96.1 cm³/mol. The zero-order chi connectivity index (χ0) is 17.8. The maximum Gasteiger partial charge on any atom is 0.227 e. The van der Waals surface area contributed by atoms with E-state index >= 15 is 0 Å². The molecule has 6 nitrogen and oxygen atoms in total. The molecule has 1 N–H and O–H groups in total. The number of carbonyl (C=O) groups excluding carboxylic acids is 1. The average Bonchev–Trinajstić information content (AvgIpc) is 3.33. The van der Waals surface area contributed by atoms with Gasteiger partial charge in [-0.1, -0.05) is 35.5 Å². The molecule has 6 heteroatoms. The largest absolute Gasteiger partial charge is 0.356 e. The van der Waals surface area contributed by atoms with Gasteiger partial charge in [0.25, 0.3) is 0 Å². The summed E-state index contributed by atoms with van der Waals surface area (Å²) in [4.78, 5) is 20.3. The van der Waals surface area contributed by atoms with Crippen molar-refractivity contribution >= 4 is 5.91 Å². The summed E-state index contributed by atoms with van der Waals surface area (Å²) in [5, 5.41) is 6.96. The summed E-state index contributed by atoms with van der Waals surface area (Å²) >= 11 is 0. The second kappa shape index (κ2) is 7.47. The number of benzene rings is 1. The minimum absolute atomic E-state index is 0.0207. The third-order valence-corrected chi connectivity index (χ3v) is 4.68. The highest BCUT2D eigenvalue weighted by atomic mass is 16.5. The highest BCUT2D eigenvalue weighted by molar-refractivity contribution is 5.76. The Morgan fingerprint density at radius 2 is 1.96 bits per heavy atom. The number of nitrogens with one attached hydrogen (secondary N) is 1. The van der Waals surface area contributed by atoms with E-state index in [4.69, 9.17) is 4.52 Å². The number of rotatable bonds is 7. The van der Waals surface area contributed by atoms with Gasteiger partial charge in [-0.25, -0.2) is 0 Å². The SMILES string of the molecule is O=C(CCc1nc(-c2ccncc2)no1)NC[C@@H]1C[C@@H]1c1ccccc1. The van der Waals surface area contributed by atoms with Crippen LogP contribution in [0.3, 0.4) is 0 Å². The van der Waals surface area contributed by atoms with E-state index in [1.54, 1.807) is 12.4 Å². The van der Waals surface area contributed by atoms with E-state index in [2.05, 4.69) is 44.7 Å². The van der Waals surface area contributed by atoms with Crippen molar-refractivity contribution in [2.24, 2.45) is 5.92 Å². The van der Waals surface area contributed by atoms with Crippen molar-refractivity contribution < 1.29 is 9.32 Å². The fourth-order valence-corrected chi connectivity index (χ4v) is 3.11. The van der Waals surface area contributed by atoms with Crippen molar-refractivity contribution in [2.75, 3.05) is 6.54 Å². The number of aromatic nitrogens is 3. The third-order valence-electron chi connectivity index (χ3n) is 4.68. The molecule has 3 aromatic rings. The zero-order valence-electron chi connectivity index (χ0n) is 14.3. The summed E-state index contributed by atoms with van der Waals surface area (Å²) in [7, 11) is 0. The lowest BCUT2D eigenvalue weighted by Crippen LogP contribution is -2.26. The minimum Gasteiger partial charge on any atom is -0.356 e. The number of aryl methyl sites for hydroxylation is 1. The van der Waals surface area contributed by atoms with Crippen LogP contribution in [0.25, 0.3) is 11.4 Å². The van der Waals surface area contributed by atoms with E-state index in [0.717, 1.165) is 18.5 Å². The van der Waals surface area contributed by atoms with Gasteiger partial charge in [-0.2, -0.15) is 4.98 Å². The van der Waals surface area contributed by atoms with Gasteiger partial charge in [0, 0.05) is 37.3 Å². The monoisotopic (exact) mass is 348 g/mol. The molecule has 1 amide bonds.